The zero-order chi connectivity index (χ0) is 27.0. The number of hydrogen-bond donors (Lipinski definition) is 0. The van der Waals surface area contributed by atoms with Gasteiger partial charge < -0.3 is 14.4 Å². The molecule has 1 aromatic heterocycles. The molecule has 0 bridgehead atoms. The van der Waals surface area contributed by atoms with Crippen molar-refractivity contribution in [3.8, 4) is 11.5 Å². The van der Waals surface area contributed by atoms with Crippen LogP contribution in [-0.4, -0.2) is 33.5 Å². The molecule has 7 nitrogen and oxygen atoms in total. The van der Waals surface area contributed by atoms with Crippen LogP contribution in [0, 0.1) is 18.7 Å². The molecule has 2 aromatic carbocycles. The van der Waals surface area contributed by atoms with Gasteiger partial charge >= 0.3 is 12.5 Å². The van der Waals surface area contributed by atoms with Crippen molar-refractivity contribution in [3.05, 3.63) is 87.3 Å². The topological polar surface area (TPSA) is 73.7 Å². The second kappa shape index (κ2) is 10.1. The number of carbonyl (C=O) groups excluding carboxylic acids is 1. The summed E-state index contributed by atoms with van der Waals surface area (Å²) in [7, 11) is 0. The fourth-order valence-electron chi connectivity index (χ4n) is 5.03. The lowest BCUT2D eigenvalue weighted by atomic mass is 9.77. The van der Waals surface area contributed by atoms with Crippen molar-refractivity contribution < 1.29 is 31.8 Å². The van der Waals surface area contributed by atoms with Crippen LogP contribution in [0.2, 0.25) is 0 Å². The maximum Gasteiger partial charge on any atom is 0.573 e. The summed E-state index contributed by atoms with van der Waals surface area (Å²) in [6.45, 7) is 2.02. The number of ether oxygens (including phenoxy) is 2. The summed E-state index contributed by atoms with van der Waals surface area (Å²) < 4.78 is 61.4. The Hall–Kier alpha value is -3.89. The van der Waals surface area contributed by atoms with E-state index in [0.717, 1.165) is 37.0 Å². The molecule has 1 atom stereocenters. The summed E-state index contributed by atoms with van der Waals surface area (Å²) >= 11 is 0. The smallest absolute Gasteiger partial charge is 0.410 e. The molecule has 3 aromatic rings. The maximum absolute atomic E-state index is 13.7. The van der Waals surface area contributed by atoms with Gasteiger partial charge in [-0.2, -0.15) is 0 Å². The zero-order valence-electron chi connectivity index (χ0n) is 20.5. The monoisotopic (exact) mass is 531 g/mol. The molecule has 0 radical (unpaired) electrons. The number of carbonyl (C=O) groups is 1. The Morgan fingerprint density at radius 2 is 1.71 bits per heavy atom. The molecule has 1 aliphatic heterocycles. The summed E-state index contributed by atoms with van der Waals surface area (Å²) in [5.41, 5.74) is 1.70. The van der Waals surface area contributed by atoms with Gasteiger partial charge in [-0.1, -0.05) is 18.6 Å². The first-order valence-corrected chi connectivity index (χ1v) is 12.3. The lowest BCUT2D eigenvalue weighted by molar-refractivity contribution is -0.274. The number of fused-ring (bicyclic) bond motifs is 1. The molecule has 0 spiro atoms. The number of aryl methyl sites for hydroxylation is 1. The quantitative estimate of drug-likeness (QED) is 0.405. The highest BCUT2D eigenvalue weighted by Crippen LogP contribution is 2.40. The second-order valence-electron chi connectivity index (χ2n) is 9.51. The first kappa shape index (κ1) is 25.7. The van der Waals surface area contributed by atoms with Crippen molar-refractivity contribution in [1.29, 1.82) is 0 Å². The lowest BCUT2D eigenvalue weighted by Gasteiger charge is -2.37. The molecule has 11 heteroatoms. The van der Waals surface area contributed by atoms with Crippen LogP contribution in [0.4, 0.5) is 22.4 Å². The Bertz CT molecular complexity index is 1380. The summed E-state index contributed by atoms with van der Waals surface area (Å²) in [5.74, 6) is 0.0370. The minimum absolute atomic E-state index is 0.0533. The number of nitrogens with zero attached hydrogens (tertiary/aromatic N) is 3. The van der Waals surface area contributed by atoms with E-state index in [4.69, 9.17) is 4.74 Å². The van der Waals surface area contributed by atoms with Gasteiger partial charge in [-0.15, -0.1) is 13.2 Å². The maximum atomic E-state index is 13.7. The van der Waals surface area contributed by atoms with Gasteiger partial charge in [-0.3, -0.25) is 9.36 Å². The van der Waals surface area contributed by atoms with Crippen molar-refractivity contribution in [2.24, 2.45) is 5.92 Å². The van der Waals surface area contributed by atoms with Gasteiger partial charge in [0.2, 0.25) is 0 Å². The predicted octanol–water partition coefficient (Wildman–Crippen LogP) is 5.54. The standard InChI is InChI=1S/C27H25F4N3O4/c1-16-32-23-15-33(26(36)37-20-9-11-21(12-10-20)38-27(29,30)31)14-13-22(23)25(35)34(16)24(17-3-2-4-17)18-5-7-19(28)8-6-18/h5-12,17,24H,2-4,13-15H2,1H3. The van der Waals surface area contributed by atoms with Crippen LogP contribution in [0.25, 0.3) is 0 Å². The Balaban J connectivity index is 1.35. The normalized spacial score (nSPS) is 16.4. The third-order valence-corrected chi connectivity index (χ3v) is 7.05. The van der Waals surface area contributed by atoms with Crippen LogP contribution in [-0.2, 0) is 13.0 Å². The first-order valence-electron chi connectivity index (χ1n) is 12.3. The molecule has 1 amide bonds. The molecule has 1 aliphatic carbocycles. The van der Waals surface area contributed by atoms with Crippen LogP contribution in [0.1, 0.15) is 47.9 Å². The Labute approximate surface area is 215 Å². The van der Waals surface area contributed by atoms with Gasteiger partial charge in [-0.25, -0.2) is 14.2 Å². The highest BCUT2D eigenvalue weighted by Gasteiger charge is 2.34. The molecular weight excluding hydrogens is 506 g/mol. The fraction of sp³-hybridized carbons (Fsp3) is 0.370. The van der Waals surface area contributed by atoms with E-state index in [1.54, 1.807) is 23.6 Å². The highest BCUT2D eigenvalue weighted by molar-refractivity contribution is 5.71. The van der Waals surface area contributed by atoms with Gasteiger partial charge in [0.15, 0.2) is 0 Å². The molecule has 0 saturated heterocycles. The number of aromatic nitrogens is 2. The van der Waals surface area contributed by atoms with Crippen LogP contribution in [0.15, 0.2) is 53.3 Å². The lowest BCUT2D eigenvalue weighted by Crippen LogP contribution is -2.44. The molecule has 2 heterocycles. The zero-order valence-corrected chi connectivity index (χ0v) is 20.5. The van der Waals surface area contributed by atoms with Crippen molar-refractivity contribution in [2.45, 2.75) is 51.6 Å². The summed E-state index contributed by atoms with van der Waals surface area (Å²) in [6.07, 6.45) is -2.25. The van der Waals surface area contributed by atoms with E-state index in [1.807, 2.05) is 0 Å². The minimum Gasteiger partial charge on any atom is -0.410 e. The summed E-state index contributed by atoms with van der Waals surface area (Å²) in [4.78, 5) is 32.5. The van der Waals surface area contributed by atoms with E-state index in [9.17, 15) is 27.2 Å². The van der Waals surface area contributed by atoms with Gasteiger partial charge in [0, 0.05) is 12.1 Å². The third kappa shape index (κ3) is 5.36. The number of halogens is 4. The highest BCUT2D eigenvalue weighted by atomic mass is 19.4. The average molecular weight is 532 g/mol. The number of rotatable bonds is 5. The molecule has 5 rings (SSSR count). The van der Waals surface area contributed by atoms with E-state index in [2.05, 4.69) is 9.72 Å². The molecule has 1 saturated carbocycles. The molecule has 1 unspecified atom stereocenters. The Kier molecular flexibility index (Phi) is 6.85. The van der Waals surface area contributed by atoms with Gasteiger partial charge in [0.1, 0.15) is 23.1 Å². The van der Waals surface area contributed by atoms with E-state index in [1.165, 1.54) is 29.2 Å². The predicted molar refractivity (Wildman–Crippen MR) is 128 cm³/mol. The van der Waals surface area contributed by atoms with Crippen molar-refractivity contribution >= 4 is 6.09 Å². The van der Waals surface area contributed by atoms with Crippen molar-refractivity contribution in [1.82, 2.24) is 14.5 Å². The second-order valence-corrected chi connectivity index (χ2v) is 9.51. The number of alkyl halides is 3. The summed E-state index contributed by atoms with van der Waals surface area (Å²) in [5, 5.41) is 0. The molecule has 2 aliphatic rings. The van der Waals surface area contributed by atoms with Gasteiger partial charge in [-0.05, 0) is 74.1 Å². The molecule has 38 heavy (non-hydrogen) atoms. The fourth-order valence-corrected chi connectivity index (χ4v) is 5.03. The van der Waals surface area contributed by atoms with Crippen LogP contribution >= 0.6 is 0 Å². The van der Waals surface area contributed by atoms with E-state index >= 15 is 0 Å². The van der Waals surface area contributed by atoms with Crippen LogP contribution in [0.5, 0.6) is 11.5 Å². The Morgan fingerprint density at radius 3 is 2.32 bits per heavy atom. The molecule has 1 fully saturated rings. The SMILES string of the molecule is Cc1nc2c(c(=O)n1C(c1ccc(F)cc1)C1CCC1)CCN(C(=O)Oc1ccc(OC(F)(F)F)cc1)C2. The number of benzene rings is 2. The van der Waals surface area contributed by atoms with E-state index < -0.39 is 18.2 Å². The third-order valence-electron chi connectivity index (χ3n) is 7.05. The van der Waals surface area contributed by atoms with Crippen LogP contribution < -0.4 is 15.0 Å². The largest absolute Gasteiger partial charge is 0.573 e. The average Bonchev–Trinajstić information content (AvgIpc) is 2.83. The number of amides is 1. The Morgan fingerprint density at radius 1 is 1.05 bits per heavy atom. The van der Waals surface area contributed by atoms with Crippen molar-refractivity contribution in [3.63, 3.8) is 0 Å². The summed E-state index contributed by atoms with van der Waals surface area (Å²) in [6, 6.07) is 10.5. The first-order chi connectivity index (χ1) is 18.1. The van der Waals surface area contributed by atoms with Gasteiger partial charge in [0.05, 0.1) is 18.3 Å². The van der Waals surface area contributed by atoms with Gasteiger partial charge in [0.25, 0.3) is 5.56 Å². The minimum atomic E-state index is -4.82. The van der Waals surface area contributed by atoms with Crippen LogP contribution in [0.3, 0.4) is 0 Å². The van der Waals surface area contributed by atoms with E-state index in [0.29, 0.717) is 17.1 Å². The van der Waals surface area contributed by atoms with Crippen molar-refractivity contribution in [2.75, 3.05) is 6.54 Å². The molecular formula is C27H25F4N3O4. The molecule has 0 N–H and O–H groups in total. The number of hydrogen-bond acceptors (Lipinski definition) is 5. The van der Waals surface area contributed by atoms with E-state index in [-0.39, 0.29) is 48.6 Å². The molecule has 200 valence electrons.